The first-order valence-corrected chi connectivity index (χ1v) is 26.8. The summed E-state index contributed by atoms with van der Waals surface area (Å²) in [6.45, 7) is 4.47. The second-order valence-corrected chi connectivity index (χ2v) is 19.7. The van der Waals surface area contributed by atoms with Crippen molar-refractivity contribution in [2.24, 2.45) is 0 Å². The van der Waals surface area contributed by atoms with Gasteiger partial charge in [-0.05, 0) is 73.7 Å². The molecule has 0 saturated heterocycles. The van der Waals surface area contributed by atoms with Crippen LogP contribution < -0.4 is 14.6 Å². The number of hydrogen-bond donors (Lipinski definition) is 2. The van der Waals surface area contributed by atoms with Crippen molar-refractivity contribution in [3.8, 4) is 34.5 Å². The minimum atomic E-state index is -4.68. The normalized spacial score (nSPS) is 11.4. The van der Waals surface area contributed by atoms with Gasteiger partial charge in [-0.2, -0.15) is 8.42 Å². The molecule has 0 spiro atoms. The molecule has 2 N–H and O–H groups in total. The van der Waals surface area contributed by atoms with E-state index in [1.54, 1.807) is 48.5 Å². The van der Waals surface area contributed by atoms with Crippen LogP contribution in [0, 0.1) is 0 Å². The van der Waals surface area contributed by atoms with Gasteiger partial charge in [0.2, 0.25) is 0 Å². The first-order valence-electron chi connectivity index (χ1n) is 23.9. The summed E-state index contributed by atoms with van der Waals surface area (Å²) < 4.78 is 78.8. The molecule has 0 unspecified atom stereocenters. The minimum absolute atomic E-state index is 0. The summed E-state index contributed by atoms with van der Waals surface area (Å²) in [5, 5.41) is 23.4. The Morgan fingerprint density at radius 3 is 1.20 bits per heavy atom. The predicted molar refractivity (Wildman–Crippen MR) is 260 cm³/mol. The van der Waals surface area contributed by atoms with Crippen molar-refractivity contribution < 1.29 is 45.6 Å². The van der Waals surface area contributed by atoms with E-state index in [1.807, 2.05) is 12.1 Å². The molecule has 0 bridgehead atoms. The summed E-state index contributed by atoms with van der Waals surface area (Å²) in [5.41, 5.74) is 0.790. The molecule has 10 nitrogen and oxygen atoms in total. The number of para-hydroxylation sites is 2. The molecule has 65 heavy (non-hydrogen) atoms. The summed E-state index contributed by atoms with van der Waals surface area (Å²) in [4.78, 5) is -0.688. The van der Waals surface area contributed by atoms with Crippen LogP contribution in [-0.4, -0.2) is 68.8 Å². The summed E-state index contributed by atoms with van der Waals surface area (Å²) >= 11 is 0. The van der Waals surface area contributed by atoms with Crippen molar-refractivity contribution in [1.29, 1.82) is 0 Å². The molecular formula is C52H74CaO10S2. The van der Waals surface area contributed by atoms with Crippen molar-refractivity contribution in [3.63, 3.8) is 0 Å². The van der Waals surface area contributed by atoms with Gasteiger partial charge in [0.25, 0.3) is 10.1 Å². The van der Waals surface area contributed by atoms with Crippen LogP contribution in [0.2, 0.25) is 0 Å². The third-order valence-corrected chi connectivity index (χ3v) is 13.0. The number of phenols is 1. The van der Waals surface area contributed by atoms with Crippen LogP contribution in [0.3, 0.4) is 0 Å². The molecule has 0 radical (unpaired) electrons. The van der Waals surface area contributed by atoms with E-state index in [1.165, 1.54) is 128 Å². The summed E-state index contributed by atoms with van der Waals surface area (Å²) in [5.74, 6) is 0.365. The van der Waals surface area contributed by atoms with Crippen LogP contribution in [0.15, 0.2) is 94.7 Å². The molecule has 0 atom stereocenters. The average Bonchev–Trinajstić information content (AvgIpc) is 3.27. The third-order valence-electron chi connectivity index (χ3n) is 11.4. The van der Waals surface area contributed by atoms with Crippen LogP contribution in [0.1, 0.15) is 179 Å². The zero-order valence-electron chi connectivity index (χ0n) is 39.2. The first-order chi connectivity index (χ1) is 30.8. The maximum atomic E-state index is 12.8. The van der Waals surface area contributed by atoms with Gasteiger partial charge < -0.3 is 24.2 Å². The van der Waals surface area contributed by atoms with Gasteiger partial charge in [0.1, 0.15) is 27.4 Å². The van der Waals surface area contributed by atoms with E-state index in [-0.39, 0.29) is 65.6 Å². The zero-order chi connectivity index (χ0) is 46.5. The fourth-order valence-corrected chi connectivity index (χ4v) is 8.72. The van der Waals surface area contributed by atoms with E-state index < -0.39 is 25.1 Å². The molecule has 13 heteroatoms. The number of phenolic OH excluding ortho intramolecular Hbond substituents is 1. The van der Waals surface area contributed by atoms with Gasteiger partial charge in [0.05, 0.1) is 9.79 Å². The molecule has 356 valence electrons. The van der Waals surface area contributed by atoms with Gasteiger partial charge in [-0.1, -0.05) is 203 Å². The quantitative estimate of drug-likeness (QED) is 0.0272. The molecule has 0 fully saturated rings. The maximum Gasteiger partial charge on any atom is 2.00 e. The molecule has 0 amide bonds. The van der Waals surface area contributed by atoms with Gasteiger partial charge in [-0.3, -0.25) is 4.55 Å². The van der Waals surface area contributed by atoms with Gasteiger partial charge in [0, 0.05) is 6.07 Å². The summed E-state index contributed by atoms with van der Waals surface area (Å²) in [7, 11) is -9.09. The number of aromatic hydroxyl groups is 1. The third kappa shape index (κ3) is 24.7. The molecule has 4 aromatic carbocycles. The van der Waals surface area contributed by atoms with E-state index >= 15 is 0 Å². The van der Waals surface area contributed by atoms with Crippen molar-refractivity contribution in [1.82, 2.24) is 0 Å². The van der Waals surface area contributed by atoms with Crippen LogP contribution >= 0.6 is 0 Å². The van der Waals surface area contributed by atoms with Crippen molar-refractivity contribution >= 4 is 58.0 Å². The number of aryl methyl sites for hydroxylation is 2. The standard InChI is InChI=1S/2C26H38O5S.Ca/c2*1-2-3-4-5-6-7-8-9-10-11-12-14-17-22-20-24(32(28,29)30)21-25(26(22)27)31-23-18-15-13-16-19-23;/h2*13,15-16,18-21,27H,2-12,14,17H2,1H3,(H,28,29,30);/q;;+2/p-2. The Labute approximate surface area is 421 Å². The van der Waals surface area contributed by atoms with Crippen molar-refractivity contribution in [2.75, 3.05) is 0 Å². The minimum Gasteiger partial charge on any atom is -0.870 e. The Morgan fingerprint density at radius 2 is 0.815 bits per heavy atom. The van der Waals surface area contributed by atoms with Gasteiger partial charge >= 0.3 is 37.7 Å². The Hall–Kier alpha value is -2.84. The number of unbranched alkanes of at least 4 members (excludes halogenated alkanes) is 22. The number of ether oxygens (including phenoxy) is 2. The molecular weight excluding hydrogens is 889 g/mol. The Kier molecular flexibility index (Phi) is 30.1. The van der Waals surface area contributed by atoms with Crippen LogP contribution in [-0.2, 0) is 33.1 Å². The van der Waals surface area contributed by atoms with Gasteiger partial charge in [-0.15, -0.1) is 0 Å². The van der Waals surface area contributed by atoms with E-state index in [4.69, 9.17) is 9.47 Å². The maximum absolute atomic E-state index is 12.8. The second-order valence-electron chi connectivity index (χ2n) is 16.9. The Morgan fingerprint density at radius 1 is 0.477 bits per heavy atom. The monoisotopic (exact) mass is 962 g/mol. The molecule has 0 aromatic heterocycles. The molecule has 4 rings (SSSR count). The molecule has 0 heterocycles. The van der Waals surface area contributed by atoms with Crippen LogP contribution in [0.25, 0.3) is 0 Å². The molecule has 0 saturated carbocycles. The van der Waals surface area contributed by atoms with E-state index in [9.17, 15) is 36.2 Å². The molecule has 0 aliphatic carbocycles. The first kappa shape index (κ1) is 58.3. The molecule has 4 aromatic rings. The van der Waals surface area contributed by atoms with E-state index in [0.717, 1.165) is 50.7 Å². The smallest absolute Gasteiger partial charge is 0.870 e. The average molecular weight is 963 g/mol. The van der Waals surface area contributed by atoms with Gasteiger partial charge in [-0.25, -0.2) is 8.42 Å². The SMILES string of the molecule is CCCCCCCCCCCCCCc1cc(S(=O)(=O)O)cc(Oc2ccccc2)c1O.CCCCCCCCCCCCCCc1cc(S(=O)(=O)[O-])cc(Oc2ccccc2)c1[O-].[Ca+2]. The van der Waals surface area contributed by atoms with Crippen LogP contribution in [0.5, 0.6) is 34.5 Å². The summed E-state index contributed by atoms with van der Waals surface area (Å²) in [6.07, 6.45) is 30.2. The molecule has 0 aliphatic rings. The second kappa shape index (κ2) is 33.6. The Bertz CT molecular complexity index is 1950. The van der Waals surface area contributed by atoms with E-state index in [0.29, 0.717) is 35.5 Å². The predicted octanol–water partition coefficient (Wildman–Crippen LogP) is 14.0. The number of rotatable bonds is 32. The number of benzene rings is 4. The van der Waals surface area contributed by atoms with E-state index in [2.05, 4.69) is 13.8 Å². The Balaban J connectivity index is 0.000000440. The fourth-order valence-electron chi connectivity index (χ4n) is 7.64. The topological polar surface area (TPSA) is 173 Å². The van der Waals surface area contributed by atoms with Crippen molar-refractivity contribution in [3.05, 3.63) is 96.1 Å². The van der Waals surface area contributed by atoms with Crippen molar-refractivity contribution in [2.45, 2.75) is 191 Å². The van der Waals surface area contributed by atoms with Crippen LogP contribution in [0.4, 0.5) is 0 Å². The van der Waals surface area contributed by atoms with Gasteiger partial charge in [0.15, 0.2) is 11.5 Å². The number of hydrogen-bond acceptors (Lipinski definition) is 9. The fraction of sp³-hybridized carbons (Fsp3) is 0.538. The summed E-state index contributed by atoms with van der Waals surface area (Å²) in [6, 6.07) is 22.2. The largest absolute Gasteiger partial charge is 2.00 e. The zero-order valence-corrected chi connectivity index (χ0v) is 43.0. The molecule has 0 aliphatic heterocycles.